The van der Waals surface area contributed by atoms with E-state index in [0.29, 0.717) is 5.22 Å². The normalized spacial score (nSPS) is 15.8. The van der Waals surface area contributed by atoms with Crippen molar-refractivity contribution in [3.63, 3.8) is 0 Å². The van der Waals surface area contributed by atoms with Gasteiger partial charge in [-0.05, 0) is 24.5 Å². The lowest BCUT2D eigenvalue weighted by Crippen LogP contribution is -2.38. The maximum Gasteiger partial charge on any atom is 0.257 e. The molecule has 98 valence electrons. The van der Waals surface area contributed by atoms with E-state index in [1.807, 2.05) is 31.2 Å². The number of aromatic nitrogens is 1. The maximum atomic E-state index is 6.07. The van der Waals surface area contributed by atoms with E-state index in [1.54, 1.807) is 11.8 Å². The van der Waals surface area contributed by atoms with Crippen molar-refractivity contribution in [2.24, 2.45) is 11.1 Å². The number of fused-ring (bicyclic) bond motifs is 1. The van der Waals surface area contributed by atoms with Crippen LogP contribution in [0.5, 0.6) is 0 Å². The Morgan fingerprint density at radius 2 is 1.94 bits per heavy atom. The highest BCUT2D eigenvalue weighted by Crippen LogP contribution is 2.37. The van der Waals surface area contributed by atoms with Crippen molar-refractivity contribution >= 4 is 22.9 Å². The number of benzene rings is 1. The molecule has 3 nitrogen and oxygen atoms in total. The molecule has 0 saturated heterocycles. The molecule has 0 aliphatic rings. The van der Waals surface area contributed by atoms with Crippen molar-refractivity contribution < 1.29 is 4.42 Å². The van der Waals surface area contributed by atoms with Crippen LogP contribution in [0.1, 0.15) is 27.7 Å². The number of para-hydroxylation sites is 2. The molecule has 2 unspecified atom stereocenters. The van der Waals surface area contributed by atoms with Gasteiger partial charge in [-0.2, -0.15) is 0 Å². The monoisotopic (exact) mass is 264 g/mol. The molecule has 0 aliphatic heterocycles. The van der Waals surface area contributed by atoms with Gasteiger partial charge in [0.15, 0.2) is 5.58 Å². The predicted molar refractivity (Wildman–Crippen MR) is 76.8 cm³/mol. The summed E-state index contributed by atoms with van der Waals surface area (Å²) in [4.78, 5) is 4.49. The maximum absolute atomic E-state index is 6.07. The number of hydrogen-bond donors (Lipinski definition) is 1. The third-order valence-electron chi connectivity index (χ3n) is 2.83. The molecular formula is C14H20N2OS. The molecule has 0 radical (unpaired) electrons. The Labute approximate surface area is 112 Å². The van der Waals surface area contributed by atoms with E-state index in [2.05, 4.69) is 25.8 Å². The van der Waals surface area contributed by atoms with E-state index in [0.717, 1.165) is 11.1 Å². The fourth-order valence-electron chi connectivity index (χ4n) is 2.08. The van der Waals surface area contributed by atoms with Gasteiger partial charge < -0.3 is 10.2 Å². The summed E-state index contributed by atoms with van der Waals surface area (Å²) in [6.07, 6.45) is 0. The minimum absolute atomic E-state index is 0.0880. The summed E-state index contributed by atoms with van der Waals surface area (Å²) in [7, 11) is 0. The van der Waals surface area contributed by atoms with Gasteiger partial charge in [0.05, 0.1) is 0 Å². The first-order valence-electron chi connectivity index (χ1n) is 6.16. The van der Waals surface area contributed by atoms with Crippen LogP contribution in [0.2, 0.25) is 0 Å². The Balaban J connectivity index is 2.26. The minimum Gasteiger partial charge on any atom is -0.431 e. The predicted octanol–water partition coefficient (Wildman–Crippen LogP) is 3.68. The van der Waals surface area contributed by atoms with E-state index >= 15 is 0 Å². The zero-order chi connectivity index (χ0) is 13.3. The second-order valence-electron chi connectivity index (χ2n) is 5.71. The number of nitrogens with two attached hydrogens (primary N) is 1. The van der Waals surface area contributed by atoms with Gasteiger partial charge in [-0.15, -0.1) is 0 Å². The van der Waals surface area contributed by atoms with Crippen molar-refractivity contribution in [3.8, 4) is 0 Å². The van der Waals surface area contributed by atoms with Gasteiger partial charge in [-0.3, -0.25) is 0 Å². The van der Waals surface area contributed by atoms with Crippen molar-refractivity contribution in [2.45, 2.75) is 44.2 Å². The second-order valence-corrected chi connectivity index (χ2v) is 6.80. The van der Waals surface area contributed by atoms with E-state index < -0.39 is 0 Å². The standard InChI is InChI=1S/C14H20N2OS/c1-9(15)12(14(2,3)4)18-13-16-10-7-5-6-8-11(10)17-13/h5-9,12H,15H2,1-4H3. The lowest BCUT2D eigenvalue weighted by molar-refractivity contribution is 0.359. The van der Waals surface area contributed by atoms with Crippen LogP contribution in [-0.4, -0.2) is 16.3 Å². The van der Waals surface area contributed by atoms with Crippen LogP contribution >= 0.6 is 11.8 Å². The van der Waals surface area contributed by atoms with Gasteiger partial charge in [0.2, 0.25) is 0 Å². The van der Waals surface area contributed by atoms with Gasteiger partial charge in [-0.1, -0.05) is 44.7 Å². The average molecular weight is 264 g/mol. The molecule has 2 atom stereocenters. The second kappa shape index (κ2) is 4.94. The zero-order valence-electron chi connectivity index (χ0n) is 11.3. The number of nitrogens with zero attached hydrogens (tertiary/aromatic N) is 1. The van der Waals surface area contributed by atoms with Crippen LogP contribution < -0.4 is 5.73 Å². The first-order chi connectivity index (χ1) is 8.38. The molecule has 0 aliphatic carbocycles. The quantitative estimate of drug-likeness (QED) is 0.859. The lowest BCUT2D eigenvalue weighted by Gasteiger charge is -2.31. The third-order valence-corrected chi connectivity index (χ3v) is 4.60. The Morgan fingerprint density at radius 1 is 1.28 bits per heavy atom. The van der Waals surface area contributed by atoms with Crippen LogP contribution in [0.3, 0.4) is 0 Å². The summed E-state index contributed by atoms with van der Waals surface area (Å²) in [5.41, 5.74) is 7.92. The Hall–Kier alpha value is -1.00. The molecule has 18 heavy (non-hydrogen) atoms. The molecule has 1 aromatic carbocycles. The van der Waals surface area contributed by atoms with E-state index in [9.17, 15) is 0 Å². The summed E-state index contributed by atoms with van der Waals surface area (Å²) in [6, 6.07) is 7.90. The van der Waals surface area contributed by atoms with Crippen molar-refractivity contribution in [3.05, 3.63) is 24.3 Å². The first kappa shape index (κ1) is 13.4. The zero-order valence-corrected chi connectivity index (χ0v) is 12.1. The summed E-state index contributed by atoms with van der Waals surface area (Å²) >= 11 is 1.63. The SMILES string of the molecule is CC(N)C(Sc1nc2ccccc2o1)C(C)(C)C. The van der Waals surface area contributed by atoms with Gasteiger partial charge in [0, 0.05) is 11.3 Å². The molecule has 4 heteroatoms. The largest absolute Gasteiger partial charge is 0.431 e. The van der Waals surface area contributed by atoms with Crippen molar-refractivity contribution in [1.82, 2.24) is 4.98 Å². The topological polar surface area (TPSA) is 52.0 Å². The fraction of sp³-hybridized carbons (Fsp3) is 0.500. The molecule has 1 heterocycles. The molecule has 0 fully saturated rings. The smallest absolute Gasteiger partial charge is 0.257 e. The van der Waals surface area contributed by atoms with Gasteiger partial charge >= 0.3 is 0 Å². The van der Waals surface area contributed by atoms with E-state index in [-0.39, 0.29) is 16.7 Å². The molecule has 2 rings (SSSR count). The lowest BCUT2D eigenvalue weighted by atomic mass is 9.88. The minimum atomic E-state index is 0.0880. The van der Waals surface area contributed by atoms with Crippen LogP contribution in [0.4, 0.5) is 0 Å². The van der Waals surface area contributed by atoms with Crippen LogP contribution in [0, 0.1) is 5.41 Å². The van der Waals surface area contributed by atoms with Crippen molar-refractivity contribution in [2.75, 3.05) is 0 Å². The molecule has 1 aromatic heterocycles. The molecule has 0 bridgehead atoms. The van der Waals surface area contributed by atoms with Crippen LogP contribution in [0.25, 0.3) is 11.1 Å². The molecule has 2 aromatic rings. The van der Waals surface area contributed by atoms with Crippen LogP contribution in [0.15, 0.2) is 33.9 Å². The third kappa shape index (κ3) is 2.87. The highest BCUT2D eigenvalue weighted by atomic mass is 32.2. The molecule has 0 spiro atoms. The Morgan fingerprint density at radius 3 is 2.50 bits per heavy atom. The summed E-state index contributed by atoms with van der Waals surface area (Å²) < 4.78 is 5.74. The summed E-state index contributed by atoms with van der Waals surface area (Å²) in [5, 5.41) is 0.971. The Bertz CT molecular complexity index is 495. The van der Waals surface area contributed by atoms with Crippen molar-refractivity contribution in [1.29, 1.82) is 0 Å². The van der Waals surface area contributed by atoms with Crippen LogP contribution in [-0.2, 0) is 0 Å². The molecule has 0 amide bonds. The summed E-state index contributed by atoms with van der Waals surface area (Å²) in [5.74, 6) is 0. The summed E-state index contributed by atoms with van der Waals surface area (Å²) in [6.45, 7) is 8.61. The number of hydrogen-bond acceptors (Lipinski definition) is 4. The average Bonchev–Trinajstić information content (AvgIpc) is 2.66. The van der Waals surface area contributed by atoms with Gasteiger partial charge in [-0.25, -0.2) is 4.98 Å². The highest BCUT2D eigenvalue weighted by molar-refractivity contribution is 7.99. The number of rotatable bonds is 3. The Kier molecular flexibility index (Phi) is 3.69. The van der Waals surface area contributed by atoms with E-state index in [4.69, 9.17) is 10.2 Å². The first-order valence-corrected chi connectivity index (χ1v) is 7.03. The molecular weight excluding hydrogens is 244 g/mol. The highest BCUT2D eigenvalue weighted by Gasteiger charge is 2.30. The number of oxazole rings is 1. The number of thioether (sulfide) groups is 1. The van der Waals surface area contributed by atoms with E-state index in [1.165, 1.54) is 0 Å². The van der Waals surface area contributed by atoms with Gasteiger partial charge in [0.25, 0.3) is 5.22 Å². The fourth-order valence-corrected chi connectivity index (χ4v) is 3.16. The van der Waals surface area contributed by atoms with Gasteiger partial charge in [0.1, 0.15) is 5.52 Å². The molecule has 0 saturated carbocycles. The molecule has 2 N–H and O–H groups in total.